The first-order chi connectivity index (χ1) is 11.3. The zero-order valence-electron chi connectivity index (χ0n) is 15.9. The highest BCUT2D eigenvalue weighted by atomic mass is 16.5. The summed E-state index contributed by atoms with van der Waals surface area (Å²) in [5.41, 5.74) is 4.19. The van der Waals surface area contributed by atoms with Crippen molar-refractivity contribution in [3.8, 4) is 0 Å². The monoisotopic (exact) mass is 328 g/mol. The summed E-state index contributed by atoms with van der Waals surface area (Å²) in [7, 11) is 0. The van der Waals surface area contributed by atoms with Gasteiger partial charge in [0.05, 0.1) is 12.0 Å². The summed E-state index contributed by atoms with van der Waals surface area (Å²) in [5, 5.41) is 0. The minimum atomic E-state index is -0.336. The first-order valence-corrected chi connectivity index (χ1v) is 9.63. The van der Waals surface area contributed by atoms with E-state index in [9.17, 15) is 4.79 Å². The third-order valence-corrected chi connectivity index (χ3v) is 6.79. The van der Waals surface area contributed by atoms with Crippen molar-refractivity contribution in [3.05, 3.63) is 34.9 Å². The van der Waals surface area contributed by atoms with Crippen LogP contribution in [0.5, 0.6) is 0 Å². The van der Waals surface area contributed by atoms with Gasteiger partial charge in [0, 0.05) is 0 Å². The highest BCUT2D eigenvalue weighted by Crippen LogP contribution is 2.57. The van der Waals surface area contributed by atoms with Crippen molar-refractivity contribution >= 4 is 5.97 Å². The molecule has 0 aliphatic heterocycles. The summed E-state index contributed by atoms with van der Waals surface area (Å²) in [6.45, 7) is 11.4. The number of esters is 1. The Morgan fingerprint density at radius 2 is 2.04 bits per heavy atom. The molecule has 0 radical (unpaired) electrons. The Bertz CT molecular complexity index is 633. The van der Waals surface area contributed by atoms with Gasteiger partial charge in [0.1, 0.15) is 0 Å². The Hall–Kier alpha value is -1.31. The van der Waals surface area contributed by atoms with E-state index in [-0.39, 0.29) is 16.8 Å². The largest absolute Gasteiger partial charge is 0.466 e. The zero-order chi connectivity index (χ0) is 17.5. The van der Waals surface area contributed by atoms with Crippen LogP contribution in [0, 0.1) is 11.3 Å². The molecule has 0 N–H and O–H groups in total. The summed E-state index contributed by atoms with van der Waals surface area (Å²) in [5.74, 6) is 0.968. The minimum absolute atomic E-state index is 0.0168. The Morgan fingerprint density at radius 3 is 2.71 bits per heavy atom. The van der Waals surface area contributed by atoms with E-state index in [1.807, 2.05) is 6.92 Å². The number of aryl methyl sites for hydroxylation is 1. The van der Waals surface area contributed by atoms with Crippen molar-refractivity contribution in [1.29, 1.82) is 0 Å². The summed E-state index contributed by atoms with van der Waals surface area (Å²) >= 11 is 0. The van der Waals surface area contributed by atoms with E-state index in [1.165, 1.54) is 23.1 Å². The number of fused-ring (bicyclic) bond motifs is 3. The van der Waals surface area contributed by atoms with Crippen LogP contribution < -0.4 is 0 Å². The summed E-state index contributed by atoms with van der Waals surface area (Å²) in [4.78, 5) is 12.8. The van der Waals surface area contributed by atoms with Crippen molar-refractivity contribution in [2.75, 3.05) is 6.61 Å². The molecule has 0 amide bonds. The Labute approximate surface area is 147 Å². The molecule has 0 aromatic heterocycles. The molecule has 0 unspecified atom stereocenters. The highest BCUT2D eigenvalue weighted by molar-refractivity contribution is 5.77. The fraction of sp³-hybridized carbons (Fsp3) is 0.682. The van der Waals surface area contributed by atoms with Crippen LogP contribution in [0.15, 0.2) is 18.2 Å². The molecule has 0 bridgehead atoms. The van der Waals surface area contributed by atoms with E-state index in [0.717, 1.165) is 25.7 Å². The summed E-state index contributed by atoms with van der Waals surface area (Å²) in [6, 6.07) is 7.07. The molecule has 24 heavy (non-hydrogen) atoms. The minimum Gasteiger partial charge on any atom is -0.466 e. The van der Waals surface area contributed by atoms with Gasteiger partial charge in [-0.15, -0.1) is 0 Å². The number of benzene rings is 1. The topological polar surface area (TPSA) is 26.3 Å². The van der Waals surface area contributed by atoms with Gasteiger partial charge in [0.15, 0.2) is 0 Å². The fourth-order valence-corrected chi connectivity index (χ4v) is 5.41. The van der Waals surface area contributed by atoms with E-state index in [4.69, 9.17) is 4.74 Å². The van der Waals surface area contributed by atoms with Gasteiger partial charge in [0.2, 0.25) is 0 Å². The average Bonchev–Trinajstić information content (AvgIpc) is 2.54. The van der Waals surface area contributed by atoms with Crippen LogP contribution >= 0.6 is 0 Å². The van der Waals surface area contributed by atoms with Gasteiger partial charge in [0.25, 0.3) is 0 Å². The number of hydrogen-bond acceptors (Lipinski definition) is 2. The molecule has 2 aliphatic rings. The predicted molar refractivity (Wildman–Crippen MR) is 98.3 cm³/mol. The fourth-order valence-electron chi connectivity index (χ4n) is 5.41. The summed E-state index contributed by atoms with van der Waals surface area (Å²) < 4.78 is 5.48. The predicted octanol–water partition coefficient (Wildman–Crippen LogP) is 5.38. The Kier molecular flexibility index (Phi) is 4.53. The standard InChI is InChI=1S/C22H32O2/c1-6-24-20(23)22(5)13-7-12-21(4)18-10-8-16(15(2)3)14-17(18)9-11-19(21)22/h8,10,14-15,19H,6-7,9,11-13H2,1-5H3/t19-,21-,22+/m1/s1. The van der Waals surface area contributed by atoms with Gasteiger partial charge >= 0.3 is 5.97 Å². The molecule has 1 aromatic rings. The van der Waals surface area contributed by atoms with Gasteiger partial charge in [-0.2, -0.15) is 0 Å². The van der Waals surface area contributed by atoms with Gasteiger partial charge in [-0.25, -0.2) is 0 Å². The molecule has 1 saturated carbocycles. The Morgan fingerprint density at radius 1 is 1.29 bits per heavy atom. The maximum absolute atomic E-state index is 12.8. The van der Waals surface area contributed by atoms with Crippen LogP contribution in [-0.4, -0.2) is 12.6 Å². The molecule has 1 aromatic carbocycles. The van der Waals surface area contributed by atoms with Crippen LogP contribution in [0.4, 0.5) is 0 Å². The zero-order valence-corrected chi connectivity index (χ0v) is 15.9. The van der Waals surface area contributed by atoms with Crippen molar-refractivity contribution in [2.24, 2.45) is 11.3 Å². The molecule has 2 heteroatoms. The first kappa shape index (κ1) is 17.5. The molecule has 3 rings (SSSR count). The molecular formula is C22H32O2. The van der Waals surface area contributed by atoms with Crippen molar-refractivity contribution < 1.29 is 9.53 Å². The number of ether oxygens (including phenoxy) is 1. The highest BCUT2D eigenvalue weighted by Gasteiger charge is 2.55. The van der Waals surface area contributed by atoms with E-state index < -0.39 is 0 Å². The summed E-state index contributed by atoms with van der Waals surface area (Å²) in [6.07, 6.45) is 5.44. The van der Waals surface area contributed by atoms with Gasteiger partial charge in [-0.05, 0) is 73.5 Å². The third kappa shape index (κ3) is 2.59. The molecule has 3 atom stereocenters. The van der Waals surface area contributed by atoms with E-state index in [1.54, 1.807) is 0 Å². The quantitative estimate of drug-likeness (QED) is 0.696. The first-order valence-electron chi connectivity index (χ1n) is 9.63. The molecule has 2 nitrogen and oxygen atoms in total. The Balaban J connectivity index is 2.02. The molecular weight excluding hydrogens is 296 g/mol. The van der Waals surface area contributed by atoms with Crippen molar-refractivity contribution in [2.45, 2.75) is 78.1 Å². The SMILES string of the molecule is CCOC(=O)[C@@]1(C)CCC[C@]2(C)c3ccc(C(C)C)cc3CC[C@@H]12. The van der Waals surface area contributed by atoms with Crippen LogP contribution in [0.1, 0.15) is 82.9 Å². The molecule has 132 valence electrons. The van der Waals surface area contributed by atoms with Crippen LogP contribution in [0.25, 0.3) is 0 Å². The lowest BCUT2D eigenvalue weighted by Gasteiger charge is -2.54. The van der Waals surface area contributed by atoms with Crippen LogP contribution in [-0.2, 0) is 21.4 Å². The lowest BCUT2D eigenvalue weighted by Crippen LogP contribution is -2.52. The van der Waals surface area contributed by atoms with Crippen molar-refractivity contribution in [3.63, 3.8) is 0 Å². The van der Waals surface area contributed by atoms with Gasteiger partial charge < -0.3 is 4.74 Å². The molecule has 0 spiro atoms. The van der Waals surface area contributed by atoms with Crippen LogP contribution in [0.3, 0.4) is 0 Å². The second kappa shape index (κ2) is 6.20. The third-order valence-electron chi connectivity index (χ3n) is 6.79. The van der Waals surface area contributed by atoms with Gasteiger partial charge in [-0.3, -0.25) is 4.79 Å². The van der Waals surface area contributed by atoms with E-state index >= 15 is 0 Å². The lowest BCUT2D eigenvalue weighted by atomic mass is 9.49. The lowest BCUT2D eigenvalue weighted by molar-refractivity contribution is -0.164. The number of carbonyl (C=O) groups is 1. The molecule has 2 aliphatic carbocycles. The van der Waals surface area contributed by atoms with Crippen LogP contribution in [0.2, 0.25) is 0 Å². The second-order valence-electron chi connectivity index (χ2n) is 8.57. The maximum atomic E-state index is 12.8. The smallest absolute Gasteiger partial charge is 0.312 e. The van der Waals surface area contributed by atoms with Crippen molar-refractivity contribution in [1.82, 2.24) is 0 Å². The molecule has 0 heterocycles. The van der Waals surface area contributed by atoms with Gasteiger partial charge in [-0.1, -0.05) is 45.4 Å². The number of carbonyl (C=O) groups excluding carboxylic acids is 1. The second-order valence-corrected chi connectivity index (χ2v) is 8.57. The maximum Gasteiger partial charge on any atom is 0.312 e. The number of hydrogen-bond donors (Lipinski definition) is 0. The molecule has 1 fully saturated rings. The van der Waals surface area contributed by atoms with E-state index in [2.05, 4.69) is 45.9 Å². The number of rotatable bonds is 3. The normalized spacial score (nSPS) is 32.2. The average molecular weight is 328 g/mol. The van der Waals surface area contributed by atoms with E-state index in [0.29, 0.717) is 18.4 Å². The molecule has 0 saturated heterocycles.